The molecule has 1 heterocycles. The number of benzene rings is 1. The van der Waals surface area contributed by atoms with Crippen LogP contribution in [0.3, 0.4) is 0 Å². The van der Waals surface area contributed by atoms with E-state index in [2.05, 4.69) is 55.2 Å². The zero-order chi connectivity index (χ0) is 12.1. The molecule has 1 aliphatic heterocycles. The molecule has 0 aliphatic carbocycles. The van der Waals surface area contributed by atoms with E-state index in [-0.39, 0.29) is 0 Å². The molecule has 0 aromatic heterocycles. The molecule has 92 valence electrons. The topological polar surface area (TPSA) is 9.23 Å². The summed E-state index contributed by atoms with van der Waals surface area (Å²) in [6, 6.07) is 10.5. The van der Waals surface area contributed by atoms with Crippen molar-refractivity contribution in [2.24, 2.45) is 0 Å². The van der Waals surface area contributed by atoms with Crippen LogP contribution in [0.15, 0.2) is 36.0 Å². The Labute approximate surface area is 106 Å². The van der Waals surface area contributed by atoms with Crippen LogP contribution >= 0.6 is 0 Å². The first-order chi connectivity index (χ1) is 8.18. The quantitative estimate of drug-likeness (QED) is 0.731. The minimum absolute atomic E-state index is 0.510. The zero-order valence-electron chi connectivity index (χ0n) is 10.9. The molecule has 1 aromatic rings. The summed E-state index contributed by atoms with van der Waals surface area (Å²) < 4.78 is 5.94. The van der Waals surface area contributed by atoms with Crippen LogP contribution in [0.2, 0.25) is 13.1 Å². The molecule has 1 aliphatic rings. The lowest BCUT2D eigenvalue weighted by molar-refractivity contribution is 0.0610. The molecule has 1 aromatic carbocycles. The van der Waals surface area contributed by atoms with Gasteiger partial charge < -0.3 is 4.74 Å². The van der Waals surface area contributed by atoms with Crippen LogP contribution in [-0.2, 0) is 4.74 Å². The molecule has 0 amide bonds. The highest BCUT2D eigenvalue weighted by molar-refractivity contribution is 6.83. The van der Waals surface area contributed by atoms with Gasteiger partial charge >= 0.3 is 0 Å². The molecule has 0 bridgehead atoms. The molecule has 1 nitrogen and oxygen atoms in total. The third-order valence-electron chi connectivity index (χ3n) is 3.51. The second-order valence-electron chi connectivity index (χ2n) is 5.42. The molecule has 2 rings (SSSR count). The second kappa shape index (κ2) is 5.65. The number of hydrogen-bond acceptors (Lipinski definition) is 1. The second-order valence-corrected chi connectivity index (χ2v) is 10.0. The highest BCUT2D eigenvalue weighted by atomic mass is 28.3. The molecule has 1 saturated heterocycles. The maximum Gasteiger partial charge on any atom is 0.105 e. The lowest BCUT2D eigenvalue weighted by Crippen LogP contribution is -2.43. The maximum absolute atomic E-state index is 5.94. The average molecular weight is 246 g/mol. The van der Waals surface area contributed by atoms with Gasteiger partial charge in [-0.1, -0.05) is 55.2 Å². The predicted molar refractivity (Wildman–Crippen MR) is 76.5 cm³/mol. The first-order valence-electron chi connectivity index (χ1n) is 6.54. The third-order valence-corrected chi connectivity index (χ3v) is 6.66. The molecule has 0 spiro atoms. The summed E-state index contributed by atoms with van der Waals surface area (Å²) in [6.07, 6.45) is 6.09. The molecule has 1 fully saturated rings. The van der Waals surface area contributed by atoms with Crippen LogP contribution in [0.5, 0.6) is 0 Å². The fourth-order valence-corrected chi connectivity index (χ4v) is 4.64. The van der Waals surface area contributed by atoms with Crippen LogP contribution in [0, 0.1) is 0 Å². The fraction of sp³-hybridized carbons (Fsp3) is 0.467. The van der Waals surface area contributed by atoms with Gasteiger partial charge in [0.2, 0.25) is 0 Å². The molecular weight excluding hydrogens is 224 g/mol. The number of hydrogen-bond donors (Lipinski definition) is 0. The Bertz CT molecular complexity index is 364. The predicted octanol–water partition coefficient (Wildman–Crippen LogP) is 4.06. The summed E-state index contributed by atoms with van der Waals surface area (Å²) in [5.74, 6) is 0. The van der Waals surface area contributed by atoms with Crippen molar-refractivity contribution in [1.82, 2.24) is 0 Å². The Morgan fingerprint density at radius 2 is 1.94 bits per heavy atom. The van der Waals surface area contributed by atoms with Gasteiger partial charge in [0.25, 0.3) is 0 Å². The average Bonchev–Trinajstić information content (AvgIpc) is 2.39. The van der Waals surface area contributed by atoms with Gasteiger partial charge in [0.1, 0.15) is 8.07 Å². The van der Waals surface area contributed by atoms with Crippen molar-refractivity contribution >= 4 is 14.1 Å². The van der Waals surface area contributed by atoms with E-state index in [4.69, 9.17) is 4.74 Å². The van der Waals surface area contributed by atoms with Crippen LogP contribution < -0.4 is 0 Å². The van der Waals surface area contributed by atoms with Gasteiger partial charge in [0.05, 0.1) is 5.73 Å². The molecule has 1 unspecified atom stereocenters. The van der Waals surface area contributed by atoms with Crippen LogP contribution in [0.1, 0.15) is 24.8 Å². The molecule has 0 saturated carbocycles. The van der Waals surface area contributed by atoms with E-state index in [9.17, 15) is 0 Å². The van der Waals surface area contributed by atoms with Crippen molar-refractivity contribution in [2.75, 3.05) is 6.61 Å². The van der Waals surface area contributed by atoms with Crippen molar-refractivity contribution in [1.29, 1.82) is 0 Å². The first kappa shape index (κ1) is 12.6. The van der Waals surface area contributed by atoms with Crippen molar-refractivity contribution in [2.45, 2.75) is 38.1 Å². The fourth-order valence-electron chi connectivity index (χ4n) is 2.31. The Kier molecular flexibility index (Phi) is 4.19. The van der Waals surface area contributed by atoms with Crippen molar-refractivity contribution in [3.8, 4) is 0 Å². The summed E-state index contributed by atoms with van der Waals surface area (Å²) in [5.41, 5.74) is 4.23. The summed E-state index contributed by atoms with van der Waals surface area (Å²) >= 11 is 0. The van der Waals surface area contributed by atoms with Crippen LogP contribution in [0.25, 0.3) is 6.08 Å². The van der Waals surface area contributed by atoms with Gasteiger partial charge in [0, 0.05) is 6.61 Å². The van der Waals surface area contributed by atoms with E-state index in [0.717, 1.165) is 6.61 Å². The van der Waals surface area contributed by atoms with E-state index in [0.29, 0.717) is 5.73 Å². The summed E-state index contributed by atoms with van der Waals surface area (Å²) in [4.78, 5) is 0. The monoisotopic (exact) mass is 246 g/mol. The highest BCUT2D eigenvalue weighted by Crippen LogP contribution is 2.24. The van der Waals surface area contributed by atoms with Crippen molar-refractivity contribution in [3.63, 3.8) is 0 Å². The smallest absolute Gasteiger partial charge is 0.105 e. The van der Waals surface area contributed by atoms with Gasteiger partial charge in [-0.15, -0.1) is 0 Å². The minimum atomic E-state index is -1.39. The Morgan fingerprint density at radius 1 is 1.18 bits per heavy atom. The van der Waals surface area contributed by atoms with Gasteiger partial charge in [0.15, 0.2) is 0 Å². The molecule has 0 N–H and O–H groups in total. The molecular formula is C15H22OSi. The number of rotatable bonds is 3. The Morgan fingerprint density at radius 3 is 2.59 bits per heavy atom. The van der Waals surface area contributed by atoms with E-state index in [1.165, 1.54) is 24.8 Å². The molecule has 1 atom stereocenters. The van der Waals surface area contributed by atoms with Gasteiger partial charge in [-0.05, 0) is 24.8 Å². The SMILES string of the molecule is C[Si](C)(C=Cc1ccccc1)C1CCCCO1. The summed E-state index contributed by atoms with van der Waals surface area (Å²) in [6.45, 7) is 5.77. The Hall–Kier alpha value is -0.863. The maximum atomic E-state index is 5.94. The first-order valence-corrected chi connectivity index (χ1v) is 9.70. The molecule has 2 heteroatoms. The zero-order valence-corrected chi connectivity index (χ0v) is 11.9. The molecule has 17 heavy (non-hydrogen) atoms. The molecule has 0 radical (unpaired) electrons. The van der Waals surface area contributed by atoms with Crippen molar-refractivity contribution in [3.05, 3.63) is 41.6 Å². The minimum Gasteiger partial charge on any atom is -0.381 e. The highest BCUT2D eigenvalue weighted by Gasteiger charge is 2.31. The summed E-state index contributed by atoms with van der Waals surface area (Å²) in [5, 5.41) is 0. The lowest BCUT2D eigenvalue weighted by Gasteiger charge is -2.33. The standard InChI is InChI=1S/C15H22OSi/c1-17(2,15-10-6-7-12-16-15)13-11-14-8-4-3-5-9-14/h3-5,8-9,11,13,15H,6-7,10,12H2,1-2H3. The third kappa shape index (κ3) is 3.55. The largest absolute Gasteiger partial charge is 0.381 e. The van der Waals surface area contributed by atoms with Gasteiger partial charge in [-0.3, -0.25) is 0 Å². The number of ether oxygens (including phenoxy) is 1. The Balaban J connectivity index is 2.03. The van der Waals surface area contributed by atoms with Gasteiger partial charge in [-0.2, -0.15) is 0 Å². The van der Waals surface area contributed by atoms with Crippen molar-refractivity contribution < 1.29 is 4.74 Å². The van der Waals surface area contributed by atoms with E-state index < -0.39 is 8.07 Å². The van der Waals surface area contributed by atoms with E-state index in [1.54, 1.807) is 0 Å². The lowest BCUT2D eigenvalue weighted by atomic mass is 10.2. The van der Waals surface area contributed by atoms with E-state index >= 15 is 0 Å². The van der Waals surface area contributed by atoms with Crippen LogP contribution in [0.4, 0.5) is 0 Å². The van der Waals surface area contributed by atoms with Gasteiger partial charge in [-0.25, -0.2) is 0 Å². The van der Waals surface area contributed by atoms with Crippen LogP contribution in [-0.4, -0.2) is 20.4 Å². The normalized spacial score (nSPS) is 21.9. The summed E-state index contributed by atoms with van der Waals surface area (Å²) in [7, 11) is -1.39. The van der Waals surface area contributed by atoms with E-state index in [1.807, 2.05) is 0 Å².